The minimum Gasteiger partial charge on any atom is -0.316 e. The van der Waals surface area contributed by atoms with Crippen LogP contribution in [0.2, 0.25) is 10.0 Å². The normalized spacial score (nSPS) is 10.7. The van der Waals surface area contributed by atoms with Crippen LogP contribution in [0.3, 0.4) is 0 Å². The first-order chi connectivity index (χ1) is 7.72. The maximum atomic E-state index is 6.14. The molecule has 0 amide bonds. The first-order valence-electron chi connectivity index (χ1n) is 4.84. The number of halogens is 2. The molecule has 16 heavy (non-hydrogen) atoms. The van der Waals surface area contributed by atoms with Crippen molar-refractivity contribution < 1.29 is 0 Å². The van der Waals surface area contributed by atoms with E-state index < -0.39 is 0 Å². The lowest BCUT2D eigenvalue weighted by molar-refractivity contribution is 0.820. The molecule has 0 atom stereocenters. The average molecular weight is 256 g/mol. The van der Waals surface area contributed by atoms with Gasteiger partial charge >= 0.3 is 0 Å². The van der Waals surface area contributed by atoms with Crippen LogP contribution in [0.25, 0.3) is 11.3 Å². The standard InChI is InChI=1S/C11H11Cl2N3/c1-14-5-7-6-15-16-11(7)9-3-2-8(12)4-10(9)13/h2-4,6,14H,5H2,1H3,(H,15,16). The Balaban J connectivity index is 2.46. The van der Waals surface area contributed by atoms with E-state index in [1.165, 1.54) is 0 Å². The molecule has 0 fully saturated rings. The highest BCUT2D eigenvalue weighted by Gasteiger charge is 2.10. The molecular formula is C11H11Cl2N3. The van der Waals surface area contributed by atoms with Gasteiger partial charge in [0, 0.05) is 22.7 Å². The van der Waals surface area contributed by atoms with E-state index in [0.29, 0.717) is 10.0 Å². The van der Waals surface area contributed by atoms with Crippen LogP contribution >= 0.6 is 23.2 Å². The topological polar surface area (TPSA) is 40.7 Å². The number of nitrogens with zero attached hydrogens (tertiary/aromatic N) is 1. The molecule has 0 spiro atoms. The Morgan fingerprint density at radius 1 is 1.38 bits per heavy atom. The molecule has 2 N–H and O–H groups in total. The third-order valence-electron chi connectivity index (χ3n) is 2.29. The van der Waals surface area contributed by atoms with Crippen LogP contribution in [0.1, 0.15) is 5.56 Å². The zero-order chi connectivity index (χ0) is 11.5. The van der Waals surface area contributed by atoms with E-state index in [0.717, 1.165) is 23.4 Å². The molecule has 1 heterocycles. The lowest BCUT2D eigenvalue weighted by atomic mass is 10.1. The molecule has 0 aliphatic rings. The molecule has 0 unspecified atom stereocenters. The van der Waals surface area contributed by atoms with Gasteiger partial charge in [0.05, 0.1) is 16.9 Å². The van der Waals surface area contributed by atoms with E-state index >= 15 is 0 Å². The van der Waals surface area contributed by atoms with Crippen molar-refractivity contribution in [2.24, 2.45) is 0 Å². The highest BCUT2D eigenvalue weighted by atomic mass is 35.5. The second-order valence-corrected chi connectivity index (χ2v) is 4.27. The van der Waals surface area contributed by atoms with Crippen LogP contribution in [-0.4, -0.2) is 17.2 Å². The van der Waals surface area contributed by atoms with Crippen molar-refractivity contribution in [3.63, 3.8) is 0 Å². The van der Waals surface area contributed by atoms with Gasteiger partial charge in [-0.1, -0.05) is 23.2 Å². The van der Waals surface area contributed by atoms with Gasteiger partial charge in [-0.05, 0) is 25.2 Å². The Labute approximate surface area is 104 Å². The summed E-state index contributed by atoms with van der Waals surface area (Å²) in [5.74, 6) is 0. The fourth-order valence-corrected chi connectivity index (χ4v) is 2.06. The van der Waals surface area contributed by atoms with Crippen LogP contribution in [0, 0.1) is 0 Å². The molecule has 1 aromatic heterocycles. The fourth-order valence-electron chi connectivity index (χ4n) is 1.56. The van der Waals surface area contributed by atoms with Gasteiger partial charge in [0.1, 0.15) is 0 Å². The third kappa shape index (κ3) is 2.21. The predicted molar refractivity (Wildman–Crippen MR) is 66.8 cm³/mol. The van der Waals surface area contributed by atoms with E-state index in [2.05, 4.69) is 15.5 Å². The van der Waals surface area contributed by atoms with E-state index in [9.17, 15) is 0 Å². The van der Waals surface area contributed by atoms with Gasteiger partial charge in [-0.25, -0.2) is 0 Å². The molecule has 0 bridgehead atoms. The van der Waals surface area contributed by atoms with Gasteiger partial charge in [-0.2, -0.15) is 5.10 Å². The van der Waals surface area contributed by atoms with Gasteiger partial charge in [-0.3, -0.25) is 5.10 Å². The van der Waals surface area contributed by atoms with E-state index in [1.54, 1.807) is 12.3 Å². The molecule has 0 saturated heterocycles. The van der Waals surface area contributed by atoms with Gasteiger partial charge in [0.2, 0.25) is 0 Å². The second kappa shape index (κ2) is 4.87. The summed E-state index contributed by atoms with van der Waals surface area (Å²) in [5, 5.41) is 11.3. The average Bonchev–Trinajstić information content (AvgIpc) is 2.67. The Hall–Kier alpha value is -1.03. The number of nitrogens with one attached hydrogen (secondary N) is 2. The first kappa shape index (κ1) is 11.5. The lowest BCUT2D eigenvalue weighted by Crippen LogP contribution is -2.05. The molecule has 0 saturated carbocycles. The summed E-state index contributed by atoms with van der Waals surface area (Å²) < 4.78 is 0. The number of hydrogen-bond donors (Lipinski definition) is 2. The Kier molecular flexibility index (Phi) is 3.49. The quantitative estimate of drug-likeness (QED) is 0.885. The maximum absolute atomic E-state index is 6.14. The predicted octanol–water partition coefficient (Wildman–Crippen LogP) is 3.10. The first-order valence-corrected chi connectivity index (χ1v) is 5.60. The maximum Gasteiger partial charge on any atom is 0.0710 e. The zero-order valence-electron chi connectivity index (χ0n) is 8.72. The van der Waals surface area contributed by atoms with E-state index in [1.807, 2.05) is 19.2 Å². The largest absolute Gasteiger partial charge is 0.316 e. The van der Waals surface area contributed by atoms with Gasteiger partial charge in [0.25, 0.3) is 0 Å². The van der Waals surface area contributed by atoms with Crippen LogP contribution in [-0.2, 0) is 6.54 Å². The molecule has 0 aliphatic heterocycles. The molecule has 2 aromatic rings. The summed E-state index contributed by atoms with van der Waals surface area (Å²) in [7, 11) is 1.89. The summed E-state index contributed by atoms with van der Waals surface area (Å²) in [6.07, 6.45) is 1.79. The summed E-state index contributed by atoms with van der Waals surface area (Å²) in [6, 6.07) is 5.42. The van der Waals surface area contributed by atoms with Gasteiger partial charge < -0.3 is 5.32 Å². The number of benzene rings is 1. The van der Waals surface area contributed by atoms with Gasteiger partial charge in [-0.15, -0.1) is 0 Å². The van der Waals surface area contributed by atoms with Crippen molar-refractivity contribution in [3.8, 4) is 11.3 Å². The Bertz CT molecular complexity index is 494. The van der Waals surface area contributed by atoms with Crippen molar-refractivity contribution in [1.29, 1.82) is 0 Å². The van der Waals surface area contributed by atoms with Crippen molar-refractivity contribution >= 4 is 23.2 Å². The molecular weight excluding hydrogens is 245 g/mol. The van der Waals surface area contributed by atoms with Crippen molar-refractivity contribution in [2.75, 3.05) is 7.05 Å². The molecule has 5 heteroatoms. The Morgan fingerprint density at radius 2 is 2.19 bits per heavy atom. The summed E-state index contributed by atoms with van der Waals surface area (Å²) in [4.78, 5) is 0. The number of aromatic amines is 1. The Morgan fingerprint density at radius 3 is 2.88 bits per heavy atom. The minimum absolute atomic E-state index is 0.620. The smallest absolute Gasteiger partial charge is 0.0710 e. The van der Waals surface area contributed by atoms with Crippen molar-refractivity contribution in [3.05, 3.63) is 40.0 Å². The van der Waals surface area contributed by atoms with E-state index in [-0.39, 0.29) is 0 Å². The summed E-state index contributed by atoms with van der Waals surface area (Å²) in [5.41, 5.74) is 2.91. The van der Waals surface area contributed by atoms with Crippen LogP contribution in [0.4, 0.5) is 0 Å². The molecule has 84 valence electrons. The molecule has 0 aliphatic carbocycles. The van der Waals surface area contributed by atoms with Crippen LogP contribution < -0.4 is 5.32 Å². The number of aromatic nitrogens is 2. The highest BCUT2D eigenvalue weighted by Crippen LogP contribution is 2.30. The van der Waals surface area contributed by atoms with Gasteiger partial charge in [0.15, 0.2) is 0 Å². The SMILES string of the molecule is CNCc1cn[nH]c1-c1ccc(Cl)cc1Cl. The molecule has 0 radical (unpaired) electrons. The second-order valence-electron chi connectivity index (χ2n) is 3.42. The molecule has 1 aromatic carbocycles. The summed E-state index contributed by atoms with van der Waals surface area (Å²) >= 11 is 12.0. The molecule has 3 nitrogen and oxygen atoms in total. The van der Waals surface area contributed by atoms with Crippen LogP contribution in [0.15, 0.2) is 24.4 Å². The number of rotatable bonds is 3. The number of H-pyrrole nitrogens is 1. The molecule has 2 rings (SSSR count). The van der Waals surface area contributed by atoms with Crippen molar-refractivity contribution in [2.45, 2.75) is 6.54 Å². The monoisotopic (exact) mass is 255 g/mol. The minimum atomic E-state index is 0.620. The van der Waals surface area contributed by atoms with Crippen molar-refractivity contribution in [1.82, 2.24) is 15.5 Å². The van der Waals surface area contributed by atoms with E-state index in [4.69, 9.17) is 23.2 Å². The summed E-state index contributed by atoms with van der Waals surface area (Å²) in [6.45, 7) is 0.741. The number of hydrogen-bond acceptors (Lipinski definition) is 2. The zero-order valence-corrected chi connectivity index (χ0v) is 10.2. The third-order valence-corrected chi connectivity index (χ3v) is 2.83. The highest BCUT2D eigenvalue weighted by molar-refractivity contribution is 6.36. The lowest BCUT2D eigenvalue weighted by Gasteiger charge is -2.05. The van der Waals surface area contributed by atoms with Crippen LogP contribution in [0.5, 0.6) is 0 Å². The fraction of sp³-hybridized carbons (Fsp3) is 0.182.